The maximum absolute atomic E-state index is 16.0. The van der Waals surface area contributed by atoms with E-state index in [1.807, 2.05) is 0 Å². The van der Waals surface area contributed by atoms with Gasteiger partial charge in [0.05, 0.1) is 4.75 Å². The number of H-pyrrole nitrogens is 1. The number of thioether (sulfide) groups is 1. The molecule has 190 valence electrons. The van der Waals surface area contributed by atoms with Gasteiger partial charge in [-0.05, 0) is 31.2 Å². The van der Waals surface area contributed by atoms with Gasteiger partial charge >= 0.3 is 19.4 Å². The standard InChI is InChI=1S/C20H23FN3O9PS/c1-12(15(26)27)23-34(30,33-13-5-3-2-4-6-13)31-11-20(21)16(28)19(8-10-35-19)17(32-20)24-9-7-14(25)22-18(24)29/h2-7,9,12,16-17,28H,8,10-11H2,1H3,(H,23,30)(H,26,27)(H,22,25,29)/t12?,16-,17+,19+,20+,34?/m0/s1. The molecule has 0 radical (unpaired) electrons. The van der Waals surface area contributed by atoms with Crippen molar-refractivity contribution in [3.63, 3.8) is 0 Å². The molecule has 2 unspecified atom stereocenters. The Morgan fingerprint density at radius 3 is 2.66 bits per heavy atom. The summed E-state index contributed by atoms with van der Waals surface area (Å²) in [6.07, 6.45) is -1.72. The third-order valence-electron chi connectivity index (χ3n) is 5.69. The summed E-state index contributed by atoms with van der Waals surface area (Å²) in [5, 5.41) is 22.3. The third kappa shape index (κ3) is 4.95. The van der Waals surface area contributed by atoms with Crippen LogP contribution >= 0.6 is 19.5 Å². The number of aromatic amines is 1. The number of aliphatic hydroxyl groups excluding tert-OH is 1. The highest BCUT2D eigenvalue weighted by atomic mass is 32.2. The summed E-state index contributed by atoms with van der Waals surface area (Å²) in [5.41, 5.74) is -1.52. The number of benzene rings is 1. The van der Waals surface area contributed by atoms with Gasteiger partial charge in [0, 0.05) is 12.3 Å². The highest BCUT2D eigenvalue weighted by molar-refractivity contribution is 8.02. The largest absolute Gasteiger partial charge is 0.480 e. The first-order valence-corrected chi connectivity index (χ1v) is 13.0. The van der Waals surface area contributed by atoms with Crippen LogP contribution < -0.4 is 20.9 Å². The summed E-state index contributed by atoms with van der Waals surface area (Å²) in [7, 11) is -4.50. The van der Waals surface area contributed by atoms with E-state index >= 15 is 4.39 Å². The number of hydrogen-bond donors (Lipinski definition) is 4. The van der Waals surface area contributed by atoms with Crippen molar-refractivity contribution in [1.29, 1.82) is 0 Å². The van der Waals surface area contributed by atoms with Gasteiger partial charge in [-0.15, -0.1) is 11.8 Å². The number of halogens is 1. The summed E-state index contributed by atoms with van der Waals surface area (Å²) in [4.78, 5) is 37.1. The highest BCUT2D eigenvalue weighted by Gasteiger charge is 2.68. The first kappa shape index (κ1) is 25.6. The molecule has 0 saturated carbocycles. The zero-order chi connectivity index (χ0) is 25.4. The smallest absolute Gasteiger partial charge is 0.459 e. The van der Waals surface area contributed by atoms with Crippen LogP contribution in [0.25, 0.3) is 0 Å². The van der Waals surface area contributed by atoms with Gasteiger partial charge in [-0.3, -0.25) is 23.7 Å². The molecule has 0 aliphatic carbocycles. The van der Waals surface area contributed by atoms with Gasteiger partial charge in [-0.1, -0.05) is 18.2 Å². The molecule has 35 heavy (non-hydrogen) atoms. The van der Waals surface area contributed by atoms with Crippen molar-refractivity contribution < 1.29 is 37.7 Å². The molecule has 2 aliphatic rings. The molecule has 2 saturated heterocycles. The van der Waals surface area contributed by atoms with Crippen molar-refractivity contribution >= 4 is 25.5 Å². The monoisotopic (exact) mass is 531 g/mol. The third-order valence-corrected chi connectivity index (χ3v) is 8.88. The van der Waals surface area contributed by atoms with E-state index < -0.39 is 60.5 Å². The van der Waals surface area contributed by atoms with Crippen LogP contribution in [0.2, 0.25) is 0 Å². The molecule has 6 atom stereocenters. The Labute approximate surface area is 202 Å². The molecule has 15 heteroatoms. The van der Waals surface area contributed by atoms with E-state index in [2.05, 4.69) is 10.1 Å². The number of carbonyl (C=O) groups is 1. The zero-order valence-electron chi connectivity index (χ0n) is 18.3. The highest BCUT2D eigenvalue weighted by Crippen LogP contribution is 2.60. The van der Waals surface area contributed by atoms with Crippen molar-refractivity contribution in [3.8, 4) is 5.75 Å². The van der Waals surface area contributed by atoms with Crippen LogP contribution in [0.3, 0.4) is 0 Å². The molecule has 3 heterocycles. The maximum Gasteiger partial charge on any atom is 0.459 e. The molecule has 1 aromatic heterocycles. The lowest BCUT2D eigenvalue weighted by molar-refractivity contribution is -0.204. The van der Waals surface area contributed by atoms with E-state index in [0.29, 0.717) is 5.75 Å². The van der Waals surface area contributed by atoms with Crippen LogP contribution in [-0.4, -0.2) is 60.8 Å². The van der Waals surface area contributed by atoms with Gasteiger partial charge in [-0.2, -0.15) is 5.09 Å². The number of alkyl halides is 1. The maximum atomic E-state index is 16.0. The molecule has 4 N–H and O–H groups in total. The lowest BCUT2D eigenvalue weighted by atomic mass is 9.93. The van der Waals surface area contributed by atoms with E-state index in [1.54, 1.807) is 18.2 Å². The van der Waals surface area contributed by atoms with Crippen LogP contribution in [0, 0.1) is 0 Å². The molecule has 0 amide bonds. The Balaban J connectivity index is 1.60. The normalized spacial score (nSPS) is 30.4. The molecule has 2 aliphatic heterocycles. The number of hydrogen-bond acceptors (Lipinski definition) is 9. The number of aliphatic hydroxyl groups is 1. The van der Waals surface area contributed by atoms with Crippen molar-refractivity contribution in [2.24, 2.45) is 0 Å². The summed E-state index contributed by atoms with van der Waals surface area (Å²) in [6, 6.07) is 7.36. The summed E-state index contributed by atoms with van der Waals surface area (Å²) in [5.74, 6) is -3.69. The lowest BCUT2D eigenvalue weighted by Crippen LogP contribution is -2.54. The van der Waals surface area contributed by atoms with E-state index in [4.69, 9.17) is 13.8 Å². The van der Waals surface area contributed by atoms with Gasteiger partial charge < -0.3 is 19.5 Å². The Hall–Kier alpha value is -2.48. The van der Waals surface area contributed by atoms with E-state index in [0.717, 1.165) is 16.8 Å². The van der Waals surface area contributed by atoms with Crippen LogP contribution in [0.4, 0.5) is 4.39 Å². The minimum atomic E-state index is -4.50. The van der Waals surface area contributed by atoms with Gasteiger partial charge in [-0.25, -0.2) is 13.8 Å². The van der Waals surface area contributed by atoms with E-state index in [1.165, 1.54) is 30.8 Å². The van der Waals surface area contributed by atoms with Crippen LogP contribution in [0.5, 0.6) is 5.75 Å². The quantitative estimate of drug-likeness (QED) is 0.343. The van der Waals surface area contributed by atoms with Crippen LogP contribution in [0.1, 0.15) is 19.6 Å². The predicted octanol–water partition coefficient (Wildman–Crippen LogP) is 1.23. The predicted molar refractivity (Wildman–Crippen MR) is 122 cm³/mol. The number of aromatic nitrogens is 2. The summed E-state index contributed by atoms with van der Waals surface area (Å²) in [6.45, 7) is 0.0754. The lowest BCUT2D eigenvalue weighted by Gasteiger charge is -2.43. The van der Waals surface area contributed by atoms with Crippen molar-refractivity contribution in [3.05, 3.63) is 63.4 Å². The van der Waals surface area contributed by atoms with Gasteiger partial charge in [0.15, 0.2) is 6.23 Å². The van der Waals surface area contributed by atoms with Gasteiger partial charge in [0.2, 0.25) is 0 Å². The number of aliphatic carboxylic acids is 1. The van der Waals surface area contributed by atoms with Crippen molar-refractivity contribution in [2.75, 3.05) is 12.4 Å². The Morgan fingerprint density at radius 1 is 1.40 bits per heavy atom. The molecule has 12 nitrogen and oxygen atoms in total. The molecule has 4 rings (SSSR count). The number of para-hydroxylation sites is 1. The fourth-order valence-corrected chi connectivity index (χ4v) is 6.61. The fourth-order valence-electron chi connectivity index (χ4n) is 3.79. The van der Waals surface area contributed by atoms with Crippen molar-refractivity contribution in [1.82, 2.24) is 14.6 Å². The first-order chi connectivity index (χ1) is 16.5. The van der Waals surface area contributed by atoms with E-state index in [9.17, 15) is 29.2 Å². The molecular weight excluding hydrogens is 508 g/mol. The summed E-state index contributed by atoms with van der Waals surface area (Å²) < 4.78 is 45.2. The zero-order valence-corrected chi connectivity index (χ0v) is 20.0. The summed E-state index contributed by atoms with van der Waals surface area (Å²) >= 11 is 1.18. The van der Waals surface area contributed by atoms with Gasteiger partial charge in [0.25, 0.3) is 11.4 Å². The Morgan fingerprint density at radius 2 is 2.09 bits per heavy atom. The van der Waals surface area contributed by atoms with Crippen LogP contribution in [0.15, 0.2) is 52.2 Å². The van der Waals surface area contributed by atoms with Crippen LogP contribution in [-0.2, 0) is 18.6 Å². The average molecular weight is 531 g/mol. The Bertz CT molecular complexity index is 1250. The second-order valence-corrected chi connectivity index (χ2v) is 11.2. The topological polar surface area (TPSA) is 169 Å². The number of nitrogens with one attached hydrogen (secondary N) is 2. The number of rotatable bonds is 9. The fraction of sp³-hybridized carbons (Fsp3) is 0.450. The Kier molecular flexibility index (Phi) is 6.97. The van der Waals surface area contributed by atoms with Crippen molar-refractivity contribution in [2.45, 2.75) is 42.3 Å². The molecule has 2 aromatic rings. The average Bonchev–Trinajstić information content (AvgIpc) is 3.01. The minimum absolute atomic E-state index is 0.0606. The van der Waals surface area contributed by atoms with Gasteiger partial charge in [0.1, 0.15) is 24.5 Å². The number of carboxylic acids is 1. The minimum Gasteiger partial charge on any atom is -0.480 e. The van der Waals surface area contributed by atoms with E-state index in [-0.39, 0.29) is 12.2 Å². The molecule has 1 spiro atoms. The number of nitrogens with zero attached hydrogens (tertiary/aromatic N) is 1. The molecule has 2 fully saturated rings. The first-order valence-electron chi connectivity index (χ1n) is 10.5. The molecule has 1 aromatic carbocycles. The second kappa shape index (κ2) is 9.52. The second-order valence-electron chi connectivity index (χ2n) is 8.09. The number of ether oxygens (including phenoxy) is 1. The number of carboxylic acid groups (broad SMARTS) is 1. The molecule has 0 bridgehead atoms. The SMILES string of the molecule is CC(NP(=O)(OC[C@@]1(F)O[C@@H](n2ccc(=O)[nH]c2=O)[C@@]2(CCS2)[C@@H]1O)Oc1ccccc1)C(=O)O. The molecular formula is C20H23FN3O9PS.